The second-order valence-corrected chi connectivity index (χ2v) is 5.58. The number of aryl methyl sites for hydroxylation is 1. The number of nitrogens with zero attached hydrogens (tertiary/aromatic N) is 1. The Morgan fingerprint density at radius 1 is 1.53 bits per heavy atom. The summed E-state index contributed by atoms with van der Waals surface area (Å²) in [6.07, 6.45) is 3.34. The lowest BCUT2D eigenvalue weighted by Gasteiger charge is -2.34. The summed E-state index contributed by atoms with van der Waals surface area (Å²) in [6.45, 7) is 3.46. The molecule has 1 atom stereocenters. The zero-order valence-electron chi connectivity index (χ0n) is 10.0. The van der Waals surface area contributed by atoms with Gasteiger partial charge in [-0.05, 0) is 38.3 Å². The second-order valence-electron chi connectivity index (χ2n) is 4.29. The molecule has 0 aromatic carbocycles. The molecule has 0 radical (unpaired) electrons. The van der Waals surface area contributed by atoms with Gasteiger partial charge in [0.25, 0.3) is 5.91 Å². The molecule has 2 heterocycles. The first-order valence-corrected chi connectivity index (χ1v) is 6.61. The standard InChI is InChI=1S/C12H18N2OS.ClH/c1-9-5-6-11(16-9)12(15)14-7-3-2-4-10(14)8-13;/h5-6,10H,2-4,7-8,13H2,1H3;1H. The number of halogens is 1. The Hall–Kier alpha value is -0.580. The van der Waals surface area contributed by atoms with Crippen LogP contribution >= 0.6 is 23.7 Å². The fraction of sp³-hybridized carbons (Fsp3) is 0.583. The molecule has 96 valence electrons. The lowest BCUT2D eigenvalue weighted by Crippen LogP contribution is -2.47. The average molecular weight is 275 g/mol. The lowest BCUT2D eigenvalue weighted by atomic mass is 10.0. The Morgan fingerprint density at radius 3 is 2.88 bits per heavy atom. The highest BCUT2D eigenvalue weighted by Crippen LogP contribution is 2.22. The topological polar surface area (TPSA) is 46.3 Å². The SMILES string of the molecule is Cc1ccc(C(=O)N2CCCCC2CN)s1.Cl. The molecule has 2 rings (SSSR count). The minimum absolute atomic E-state index is 0. The number of hydrogen-bond donors (Lipinski definition) is 1. The predicted molar refractivity (Wildman–Crippen MR) is 74.0 cm³/mol. The molecule has 5 heteroatoms. The van der Waals surface area contributed by atoms with E-state index in [0.29, 0.717) is 6.54 Å². The summed E-state index contributed by atoms with van der Waals surface area (Å²) in [4.78, 5) is 16.2. The summed E-state index contributed by atoms with van der Waals surface area (Å²) in [5.74, 6) is 0.160. The summed E-state index contributed by atoms with van der Waals surface area (Å²) in [6, 6.07) is 4.16. The van der Waals surface area contributed by atoms with Crippen LogP contribution in [-0.4, -0.2) is 29.9 Å². The first kappa shape index (κ1) is 14.5. The maximum Gasteiger partial charge on any atom is 0.264 e. The maximum atomic E-state index is 12.3. The van der Waals surface area contributed by atoms with Gasteiger partial charge in [-0.2, -0.15) is 0 Å². The quantitative estimate of drug-likeness (QED) is 0.900. The largest absolute Gasteiger partial charge is 0.334 e. The fourth-order valence-corrected chi connectivity index (χ4v) is 3.03. The minimum Gasteiger partial charge on any atom is -0.334 e. The van der Waals surface area contributed by atoms with E-state index in [1.165, 1.54) is 11.3 Å². The Kier molecular flexibility index (Phi) is 5.43. The van der Waals surface area contributed by atoms with Crippen molar-refractivity contribution in [2.75, 3.05) is 13.1 Å². The van der Waals surface area contributed by atoms with Gasteiger partial charge in [0.2, 0.25) is 0 Å². The van der Waals surface area contributed by atoms with Crippen LogP contribution in [0.25, 0.3) is 0 Å². The summed E-state index contributed by atoms with van der Waals surface area (Å²) in [7, 11) is 0. The zero-order valence-corrected chi connectivity index (χ0v) is 11.6. The number of likely N-dealkylation sites (tertiary alicyclic amines) is 1. The zero-order chi connectivity index (χ0) is 11.5. The van der Waals surface area contributed by atoms with Crippen LogP contribution in [0, 0.1) is 6.92 Å². The molecule has 1 unspecified atom stereocenters. The van der Waals surface area contributed by atoms with Crippen LogP contribution in [0.15, 0.2) is 12.1 Å². The van der Waals surface area contributed by atoms with Crippen molar-refractivity contribution in [2.45, 2.75) is 32.2 Å². The molecule has 3 nitrogen and oxygen atoms in total. The van der Waals surface area contributed by atoms with Gasteiger partial charge in [-0.15, -0.1) is 23.7 Å². The second kappa shape index (κ2) is 6.38. The number of carbonyl (C=O) groups is 1. The molecule has 1 aromatic rings. The highest BCUT2D eigenvalue weighted by atomic mass is 35.5. The molecule has 2 N–H and O–H groups in total. The van der Waals surface area contributed by atoms with Gasteiger partial charge in [0, 0.05) is 24.0 Å². The molecule has 1 aliphatic heterocycles. The van der Waals surface area contributed by atoms with E-state index in [-0.39, 0.29) is 24.4 Å². The van der Waals surface area contributed by atoms with E-state index in [9.17, 15) is 4.79 Å². The Bertz CT molecular complexity index is 380. The molecular weight excluding hydrogens is 256 g/mol. The van der Waals surface area contributed by atoms with Crippen molar-refractivity contribution < 1.29 is 4.79 Å². The minimum atomic E-state index is 0. The number of piperidine rings is 1. The summed E-state index contributed by atoms with van der Waals surface area (Å²) >= 11 is 1.57. The van der Waals surface area contributed by atoms with Crippen LogP contribution in [0.1, 0.15) is 33.8 Å². The Labute approximate surface area is 112 Å². The van der Waals surface area contributed by atoms with Gasteiger partial charge in [0.15, 0.2) is 0 Å². The molecule has 0 spiro atoms. The predicted octanol–water partition coefficient (Wildman–Crippen LogP) is 2.43. The molecule has 0 aliphatic carbocycles. The van der Waals surface area contributed by atoms with Crippen LogP contribution in [0.5, 0.6) is 0 Å². The molecule has 1 aliphatic rings. The number of rotatable bonds is 2. The van der Waals surface area contributed by atoms with E-state index in [1.807, 2.05) is 24.0 Å². The van der Waals surface area contributed by atoms with Crippen molar-refractivity contribution in [1.82, 2.24) is 4.90 Å². The molecule has 0 bridgehead atoms. The highest BCUT2D eigenvalue weighted by molar-refractivity contribution is 7.13. The van der Waals surface area contributed by atoms with Gasteiger partial charge in [0.05, 0.1) is 4.88 Å². The lowest BCUT2D eigenvalue weighted by molar-refractivity contribution is 0.0628. The van der Waals surface area contributed by atoms with Crippen LogP contribution < -0.4 is 5.73 Å². The molecule has 0 saturated carbocycles. The van der Waals surface area contributed by atoms with E-state index < -0.39 is 0 Å². The smallest absolute Gasteiger partial charge is 0.264 e. The molecule has 1 fully saturated rings. The van der Waals surface area contributed by atoms with Gasteiger partial charge < -0.3 is 10.6 Å². The summed E-state index contributed by atoms with van der Waals surface area (Å²) in [5, 5.41) is 0. The Morgan fingerprint density at radius 2 is 2.29 bits per heavy atom. The Balaban J connectivity index is 0.00000144. The van der Waals surface area contributed by atoms with Gasteiger partial charge in [-0.1, -0.05) is 0 Å². The number of hydrogen-bond acceptors (Lipinski definition) is 3. The molecule has 17 heavy (non-hydrogen) atoms. The van der Waals surface area contributed by atoms with Crippen molar-refractivity contribution >= 4 is 29.7 Å². The maximum absolute atomic E-state index is 12.3. The molecular formula is C12H19ClN2OS. The van der Waals surface area contributed by atoms with Gasteiger partial charge >= 0.3 is 0 Å². The number of nitrogens with two attached hydrogens (primary N) is 1. The van der Waals surface area contributed by atoms with Crippen molar-refractivity contribution in [1.29, 1.82) is 0 Å². The van der Waals surface area contributed by atoms with E-state index in [1.54, 1.807) is 11.3 Å². The van der Waals surface area contributed by atoms with Crippen molar-refractivity contribution in [3.05, 3.63) is 21.9 Å². The number of amides is 1. The highest BCUT2D eigenvalue weighted by Gasteiger charge is 2.26. The average Bonchev–Trinajstić information content (AvgIpc) is 2.75. The third-order valence-corrected chi connectivity index (χ3v) is 4.10. The van der Waals surface area contributed by atoms with Crippen LogP contribution in [0.3, 0.4) is 0 Å². The summed E-state index contributed by atoms with van der Waals surface area (Å²) < 4.78 is 0. The normalized spacial score (nSPS) is 19.9. The van der Waals surface area contributed by atoms with Crippen molar-refractivity contribution in [3.8, 4) is 0 Å². The molecule has 1 saturated heterocycles. The van der Waals surface area contributed by atoms with E-state index in [4.69, 9.17) is 5.73 Å². The first-order valence-electron chi connectivity index (χ1n) is 5.80. The van der Waals surface area contributed by atoms with Crippen LogP contribution in [0.2, 0.25) is 0 Å². The van der Waals surface area contributed by atoms with Crippen molar-refractivity contribution in [2.24, 2.45) is 5.73 Å². The van der Waals surface area contributed by atoms with E-state index >= 15 is 0 Å². The first-order chi connectivity index (χ1) is 7.72. The number of thiophene rings is 1. The van der Waals surface area contributed by atoms with E-state index in [2.05, 4.69) is 0 Å². The third-order valence-electron chi connectivity index (χ3n) is 3.11. The fourth-order valence-electron chi connectivity index (χ4n) is 2.20. The van der Waals surface area contributed by atoms with Crippen LogP contribution in [0.4, 0.5) is 0 Å². The molecule has 1 aromatic heterocycles. The van der Waals surface area contributed by atoms with Gasteiger partial charge in [0.1, 0.15) is 0 Å². The summed E-state index contributed by atoms with van der Waals surface area (Å²) in [5.41, 5.74) is 5.72. The number of carbonyl (C=O) groups excluding carboxylic acids is 1. The monoisotopic (exact) mass is 274 g/mol. The van der Waals surface area contributed by atoms with Crippen LogP contribution in [-0.2, 0) is 0 Å². The third kappa shape index (κ3) is 3.21. The van der Waals surface area contributed by atoms with E-state index in [0.717, 1.165) is 24.3 Å². The van der Waals surface area contributed by atoms with Gasteiger partial charge in [-0.3, -0.25) is 4.79 Å². The van der Waals surface area contributed by atoms with Crippen molar-refractivity contribution in [3.63, 3.8) is 0 Å². The van der Waals surface area contributed by atoms with Gasteiger partial charge in [-0.25, -0.2) is 0 Å². The molecule has 1 amide bonds.